The minimum atomic E-state index is -0.195. The van der Waals surface area contributed by atoms with Crippen LogP contribution in [0.25, 0.3) is 10.2 Å². The van der Waals surface area contributed by atoms with Gasteiger partial charge in [-0.1, -0.05) is 67.6 Å². The van der Waals surface area contributed by atoms with E-state index < -0.39 is 0 Å². The Bertz CT molecular complexity index is 1160. The number of nitrogens with zero attached hydrogens (tertiary/aromatic N) is 4. The number of benzene rings is 2. The number of fused-ring (bicyclic) bond motifs is 1. The summed E-state index contributed by atoms with van der Waals surface area (Å²) in [5.74, 6) is 1.06. The fourth-order valence-corrected chi connectivity index (χ4v) is 4.10. The molecular weight excluding hydrogens is 396 g/mol. The highest BCUT2D eigenvalue weighted by Gasteiger charge is 2.25. The molecule has 4 rings (SSSR count). The molecule has 0 aliphatic rings. The molecule has 0 spiro atoms. The number of para-hydroxylation sites is 2. The molecule has 2 aromatic carbocycles. The van der Waals surface area contributed by atoms with Gasteiger partial charge in [0.15, 0.2) is 11.0 Å². The largest absolute Gasteiger partial charge is 0.339 e. The van der Waals surface area contributed by atoms with Gasteiger partial charge < -0.3 is 4.52 Å². The van der Waals surface area contributed by atoms with Crippen LogP contribution in [0.3, 0.4) is 0 Å². The van der Waals surface area contributed by atoms with E-state index in [1.807, 2.05) is 76.2 Å². The van der Waals surface area contributed by atoms with E-state index in [0.717, 1.165) is 21.5 Å². The molecule has 154 valence electrons. The van der Waals surface area contributed by atoms with E-state index in [-0.39, 0.29) is 17.7 Å². The number of amides is 1. The molecule has 0 aliphatic carbocycles. The third-order valence-corrected chi connectivity index (χ3v) is 5.79. The molecule has 0 N–H and O–H groups in total. The first-order valence-corrected chi connectivity index (χ1v) is 10.7. The molecule has 0 bridgehead atoms. The second-order valence-corrected chi connectivity index (χ2v) is 9.25. The molecule has 2 heterocycles. The van der Waals surface area contributed by atoms with E-state index in [1.54, 1.807) is 4.90 Å². The van der Waals surface area contributed by atoms with Crippen LogP contribution in [0.4, 0.5) is 10.8 Å². The van der Waals surface area contributed by atoms with E-state index in [1.165, 1.54) is 11.3 Å². The summed E-state index contributed by atoms with van der Waals surface area (Å²) in [5, 5.41) is 4.71. The average Bonchev–Trinajstić information content (AvgIpc) is 3.35. The number of carbonyl (C=O) groups excluding carboxylic acids is 1. The van der Waals surface area contributed by atoms with Crippen molar-refractivity contribution < 1.29 is 9.32 Å². The Morgan fingerprint density at radius 2 is 1.80 bits per heavy atom. The molecular formula is C23H24N4O2S. The fraction of sp³-hybridized carbons (Fsp3) is 0.304. The van der Waals surface area contributed by atoms with Crippen molar-refractivity contribution in [2.75, 3.05) is 4.90 Å². The Kier molecular flexibility index (Phi) is 5.39. The third-order valence-electron chi connectivity index (χ3n) is 4.77. The predicted molar refractivity (Wildman–Crippen MR) is 119 cm³/mol. The topological polar surface area (TPSA) is 72.1 Å². The maximum Gasteiger partial charge on any atom is 0.233 e. The van der Waals surface area contributed by atoms with E-state index in [9.17, 15) is 4.79 Å². The van der Waals surface area contributed by atoms with Crippen molar-refractivity contribution in [3.63, 3.8) is 0 Å². The summed E-state index contributed by atoms with van der Waals surface area (Å²) in [6.07, 6.45) is 0.630. The van der Waals surface area contributed by atoms with Gasteiger partial charge in [-0.05, 0) is 30.7 Å². The maximum atomic E-state index is 13.4. The zero-order valence-corrected chi connectivity index (χ0v) is 18.4. The second kappa shape index (κ2) is 7.99. The number of hydrogen-bond donors (Lipinski definition) is 0. The highest BCUT2D eigenvalue weighted by atomic mass is 32.1. The normalized spacial score (nSPS) is 11.7. The molecule has 0 unspecified atom stereocenters. The first-order chi connectivity index (χ1) is 14.3. The smallest absolute Gasteiger partial charge is 0.233 e. The predicted octanol–water partition coefficient (Wildman–Crippen LogP) is 5.58. The van der Waals surface area contributed by atoms with Gasteiger partial charge in [-0.3, -0.25) is 9.69 Å². The lowest BCUT2D eigenvalue weighted by molar-refractivity contribution is -0.118. The first kappa shape index (κ1) is 20.2. The number of aryl methyl sites for hydroxylation is 2. The Hall–Kier alpha value is -3.06. The number of aromatic nitrogens is 3. The van der Waals surface area contributed by atoms with Gasteiger partial charge in [-0.25, -0.2) is 4.98 Å². The Morgan fingerprint density at radius 3 is 2.50 bits per heavy atom. The SMILES string of the molecule is Cc1ccccc1N(C(=O)CCc1nc(C(C)(C)C)no1)c1nc2ccccc2s1. The van der Waals surface area contributed by atoms with Gasteiger partial charge in [0.05, 0.1) is 15.9 Å². The molecule has 0 radical (unpaired) electrons. The van der Waals surface area contributed by atoms with Crippen LogP contribution in [-0.2, 0) is 16.6 Å². The Labute approximate surface area is 179 Å². The first-order valence-electron chi connectivity index (χ1n) is 9.90. The number of rotatable bonds is 5. The summed E-state index contributed by atoms with van der Waals surface area (Å²) in [7, 11) is 0. The molecule has 0 saturated heterocycles. The number of carbonyl (C=O) groups is 1. The van der Waals surface area contributed by atoms with Crippen molar-refractivity contribution in [2.24, 2.45) is 0 Å². The minimum absolute atomic E-state index is 0.0566. The van der Waals surface area contributed by atoms with Crippen LogP contribution in [0.1, 0.15) is 44.5 Å². The van der Waals surface area contributed by atoms with E-state index in [2.05, 4.69) is 10.1 Å². The van der Waals surface area contributed by atoms with Crippen molar-refractivity contribution in [2.45, 2.75) is 46.0 Å². The molecule has 6 nitrogen and oxygen atoms in total. The minimum Gasteiger partial charge on any atom is -0.339 e. The highest BCUT2D eigenvalue weighted by Crippen LogP contribution is 2.35. The van der Waals surface area contributed by atoms with Crippen LogP contribution >= 0.6 is 11.3 Å². The molecule has 0 atom stereocenters. The zero-order chi connectivity index (χ0) is 21.3. The molecule has 0 saturated carbocycles. The van der Waals surface area contributed by atoms with E-state index in [0.29, 0.717) is 23.3 Å². The van der Waals surface area contributed by atoms with Gasteiger partial charge in [0.2, 0.25) is 11.8 Å². The fourth-order valence-electron chi connectivity index (χ4n) is 3.10. The zero-order valence-electron chi connectivity index (χ0n) is 17.5. The van der Waals surface area contributed by atoms with Crippen molar-refractivity contribution in [3.05, 3.63) is 65.8 Å². The van der Waals surface area contributed by atoms with Gasteiger partial charge >= 0.3 is 0 Å². The van der Waals surface area contributed by atoms with Crippen LogP contribution in [0.2, 0.25) is 0 Å². The van der Waals surface area contributed by atoms with Crippen molar-refractivity contribution >= 4 is 38.3 Å². The standard InChI is InChI=1S/C23H24N4O2S/c1-15-9-5-7-11-17(15)27(22-24-16-10-6-8-12-18(16)30-22)20(28)14-13-19-25-21(26-29-19)23(2,3)4/h5-12H,13-14H2,1-4H3. The van der Waals surface area contributed by atoms with Gasteiger partial charge in [-0.15, -0.1) is 0 Å². The summed E-state index contributed by atoms with van der Waals surface area (Å²) >= 11 is 1.51. The summed E-state index contributed by atoms with van der Waals surface area (Å²) < 4.78 is 6.41. The lowest BCUT2D eigenvalue weighted by atomic mass is 9.96. The maximum absolute atomic E-state index is 13.4. The van der Waals surface area contributed by atoms with Crippen molar-refractivity contribution in [1.82, 2.24) is 15.1 Å². The third kappa shape index (κ3) is 4.11. The number of thiazole rings is 1. The van der Waals surface area contributed by atoms with Gasteiger partial charge in [-0.2, -0.15) is 4.98 Å². The Morgan fingerprint density at radius 1 is 1.07 bits per heavy atom. The monoisotopic (exact) mass is 420 g/mol. The second-order valence-electron chi connectivity index (χ2n) is 8.24. The lowest BCUT2D eigenvalue weighted by Gasteiger charge is -2.21. The molecule has 7 heteroatoms. The molecule has 4 aromatic rings. The van der Waals surface area contributed by atoms with E-state index in [4.69, 9.17) is 9.51 Å². The average molecular weight is 421 g/mol. The van der Waals surface area contributed by atoms with Crippen LogP contribution in [0.5, 0.6) is 0 Å². The molecule has 30 heavy (non-hydrogen) atoms. The van der Waals surface area contributed by atoms with Crippen molar-refractivity contribution in [1.29, 1.82) is 0 Å². The Balaban J connectivity index is 1.63. The van der Waals surface area contributed by atoms with Gasteiger partial charge in [0.25, 0.3) is 0 Å². The lowest BCUT2D eigenvalue weighted by Crippen LogP contribution is -2.26. The van der Waals surface area contributed by atoms with Crippen molar-refractivity contribution in [3.8, 4) is 0 Å². The van der Waals surface area contributed by atoms with E-state index >= 15 is 0 Å². The summed E-state index contributed by atoms with van der Waals surface area (Å²) in [4.78, 5) is 24.2. The van der Waals surface area contributed by atoms with Gasteiger partial charge in [0.1, 0.15) is 0 Å². The molecule has 1 amide bonds. The van der Waals surface area contributed by atoms with Crippen LogP contribution in [0, 0.1) is 6.92 Å². The van der Waals surface area contributed by atoms with Crippen LogP contribution in [0.15, 0.2) is 53.1 Å². The van der Waals surface area contributed by atoms with Crippen LogP contribution in [-0.4, -0.2) is 21.0 Å². The van der Waals surface area contributed by atoms with Gasteiger partial charge in [0, 0.05) is 18.3 Å². The quantitative estimate of drug-likeness (QED) is 0.421. The summed E-state index contributed by atoms with van der Waals surface area (Å²) in [6, 6.07) is 15.8. The molecule has 0 fully saturated rings. The number of hydrogen-bond acceptors (Lipinski definition) is 6. The summed E-state index contributed by atoms with van der Waals surface area (Å²) in [5.41, 5.74) is 2.54. The molecule has 2 aromatic heterocycles. The van der Waals surface area contributed by atoms with Crippen LogP contribution < -0.4 is 4.90 Å². The summed E-state index contributed by atoms with van der Waals surface area (Å²) in [6.45, 7) is 8.08. The molecule has 0 aliphatic heterocycles. The number of anilines is 2. The highest BCUT2D eigenvalue weighted by molar-refractivity contribution is 7.22.